The van der Waals surface area contributed by atoms with Crippen molar-refractivity contribution >= 4 is 33.2 Å². The molecule has 0 aliphatic heterocycles. The van der Waals surface area contributed by atoms with E-state index in [0.717, 1.165) is 0 Å². The predicted molar refractivity (Wildman–Crippen MR) is 97.9 cm³/mol. The maximum absolute atomic E-state index is 12.7. The van der Waals surface area contributed by atoms with Crippen molar-refractivity contribution in [3.05, 3.63) is 53.1 Å². The Bertz CT molecular complexity index is 882. The van der Waals surface area contributed by atoms with Crippen molar-refractivity contribution in [2.45, 2.75) is 24.8 Å². The maximum Gasteiger partial charge on any atom is 0.263 e. The summed E-state index contributed by atoms with van der Waals surface area (Å²) in [6.45, 7) is 3.63. The van der Waals surface area contributed by atoms with E-state index < -0.39 is 10.0 Å². The summed E-state index contributed by atoms with van der Waals surface area (Å²) in [4.78, 5) is 11.9. The summed E-state index contributed by atoms with van der Waals surface area (Å²) < 4.78 is 33.0. The van der Waals surface area contributed by atoms with E-state index in [0.29, 0.717) is 5.75 Å². The zero-order chi connectivity index (χ0) is 18.6. The molecule has 0 aliphatic rings. The topological polar surface area (TPSA) is 84.5 Å². The fraction of sp³-hybridized carbons (Fsp3) is 0.235. The van der Waals surface area contributed by atoms with Crippen LogP contribution in [0.3, 0.4) is 0 Å². The van der Waals surface area contributed by atoms with E-state index >= 15 is 0 Å². The number of anilines is 1. The highest BCUT2D eigenvalue weighted by Gasteiger charge is 2.21. The number of rotatable bonds is 6. The Labute approximate surface area is 152 Å². The van der Waals surface area contributed by atoms with Crippen molar-refractivity contribution in [1.82, 2.24) is 5.32 Å². The molecule has 0 bridgehead atoms. The van der Waals surface area contributed by atoms with Crippen LogP contribution in [0.5, 0.6) is 5.75 Å². The molecular formula is C17H19ClN2O4S. The van der Waals surface area contributed by atoms with Crippen LogP contribution in [0.4, 0.5) is 5.69 Å². The summed E-state index contributed by atoms with van der Waals surface area (Å²) in [6.07, 6.45) is 0. The lowest BCUT2D eigenvalue weighted by atomic mass is 10.2. The average Bonchev–Trinajstić information content (AvgIpc) is 2.54. The van der Waals surface area contributed by atoms with Crippen LogP contribution in [-0.2, 0) is 10.0 Å². The standard InChI is InChI=1S/C17H19ClN2O4S/c1-11(2)19-17(21)12-8-9-13(18)16(10-12)25(22,23)20-14-6-4-5-7-15(14)24-3/h4-11,20H,1-3H3,(H,19,21). The summed E-state index contributed by atoms with van der Waals surface area (Å²) in [7, 11) is -2.56. The number of benzene rings is 2. The Balaban J connectivity index is 2.40. The van der Waals surface area contributed by atoms with E-state index in [9.17, 15) is 13.2 Å². The van der Waals surface area contributed by atoms with Gasteiger partial charge in [-0.25, -0.2) is 8.42 Å². The second-order valence-electron chi connectivity index (χ2n) is 5.58. The van der Waals surface area contributed by atoms with E-state index in [2.05, 4.69) is 10.0 Å². The molecule has 1 amide bonds. The molecule has 0 saturated carbocycles. The van der Waals surface area contributed by atoms with Gasteiger partial charge in [0.1, 0.15) is 10.6 Å². The molecule has 25 heavy (non-hydrogen) atoms. The third-order valence-electron chi connectivity index (χ3n) is 3.25. The number of sulfonamides is 1. The van der Waals surface area contributed by atoms with Gasteiger partial charge >= 0.3 is 0 Å². The van der Waals surface area contributed by atoms with Crippen molar-refractivity contribution < 1.29 is 17.9 Å². The van der Waals surface area contributed by atoms with Crippen molar-refractivity contribution in [3.8, 4) is 5.75 Å². The Hall–Kier alpha value is -2.25. The van der Waals surface area contributed by atoms with Gasteiger partial charge in [0.25, 0.3) is 15.9 Å². The minimum absolute atomic E-state index is 0.0171. The average molecular weight is 383 g/mol. The van der Waals surface area contributed by atoms with Crippen molar-refractivity contribution in [2.75, 3.05) is 11.8 Å². The molecule has 0 aliphatic carbocycles. The molecule has 134 valence electrons. The second-order valence-corrected chi connectivity index (χ2v) is 7.64. The highest BCUT2D eigenvalue weighted by Crippen LogP contribution is 2.29. The van der Waals surface area contributed by atoms with Gasteiger partial charge in [0, 0.05) is 11.6 Å². The van der Waals surface area contributed by atoms with Gasteiger partial charge in [-0.15, -0.1) is 0 Å². The molecule has 2 rings (SSSR count). The molecule has 0 radical (unpaired) electrons. The highest BCUT2D eigenvalue weighted by molar-refractivity contribution is 7.92. The van der Waals surface area contributed by atoms with Crippen molar-refractivity contribution in [1.29, 1.82) is 0 Å². The molecule has 0 unspecified atom stereocenters. The number of hydrogen-bond acceptors (Lipinski definition) is 4. The van der Waals surface area contributed by atoms with E-state index in [-0.39, 0.29) is 33.1 Å². The minimum atomic E-state index is -4.00. The summed E-state index contributed by atoms with van der Waals surface area (Å²) in [5.41, 5.74) is 0.483. The van der Waals surface area contributed by atoms with Crippen LogP contribution < -0.4 is 14.8 Å². The summed E-state index contributed by atoms with van der Waals surface area (Å²) >= 11 is 6.05. The quantitative estimate of drug-likeness (QED) is 0.802. The van der Waals surface area contributed by atoms with Crippen LogP contribution in [0.25, 0.3) is 0 Å². The number of nitrogens with one attached hydrogen (secondary N) is 2. The monoisotopic (exact) mass is 382 g/mol. The molecule has 2 aromatic carbocycles. The number of halogens is 1. The molecule has 6 nitrogen and oxygen atoms in total. The van der Waals surface area contributed by atoms with Gasteiger partial charge in [-0.05, 0) is 44.2 Å². The third kappa shape index (κ3) is 4.64. The van der Waals surface area contributed by atoms with Crippen molar-refractivity contribution in [2.24, 2.45) is 0 Å². The number of amides is 1. The highest BCUT2D eigenvalue weighted by atomic mass is 35.5. The minimum Gasteiger partial charge on any atom is -0.495 e. The molecule has 0 spiro atoms. The van der Waals surface area contributed by atoms with Crippen LogP contribution in [0.15, 0.2) is 47.4 Å². The Kier molecular flexibility index (Phi) is 5.92. The van der Waals surface area contributed by atoms with Crippen molar-refractivity contribution in [3.63, 3.8) is 0 Å². The number of para-hydroxylation sites is 2. The summed E-state index contributed by atoms with van der Waals surface area (Å²) in [5, 5.41) is 2.72. The number of ether oxygens (including phenoxy) is 1. The molecule has 8 heteroatoms. The zero-order valence-electron chi connectivity index (χ0n) is 14.0. The van der Waals surface area contributed by atoms with Gasteiger partial charge in [0.05, 0.1) is 17.8 Å². The van der Waals surface area contributed by atoms with E-state index in [1.165, 1.54) is 25.3 Å². The maximum atomic E-state index is 12.7. The second kappa shape index (κ2) is 7.76. The molecular weight excluding hydrogens is 364 g/mol. The van der Waals surface area contributed by atoms with Gasteiger partial charge in [-0.1, -0.05) is 23.7 Å². The first kappa shape index (κ1) is 19.1. The van der Waals surface area contributed by atoms with Gasteiger partial charge in [0.15, 0.2) is 0 Å². The molecule has 0 aromatic heterocycles. The summed E-state index contributed by atoms with van der Waals surface area (Å²) in [6, 6.07) is 10.6. The molecule has 0 saturated heterocycles. The lowest BCUT2D eigenvalue weighted by molar-refractivity contribution is 0.0943. The molecule has 2 N–H and O–H groups in total. The van der Waals surface area contributed by atoms with Crippen LogP contribution in [-0.4, -0.2) is 27.5 Å². The zero-order valence-corrected chi connectivity index (χ0v) is 15.6. The van der Waals surface area contributed by atoms with E-state index in [4.69, 9.17) is 16.3 Å². The van der Waals surface area contributed by atoms with Crippen LogP contribution in [0.2, 0.25) is 5.02 Å². The van der Waals surface area contributed by atoms with Gasteiger partial charge in [-0.2, -0.15) is 0 Å². The number of hydrogen-bond donors (Lipinski definition) is 2. The summed E-state index contributed by atoms with van der Waals surface area (Å²) in [5.74, 6) is -0.00342. The first-order chi connectivity index (χ1) is 11.7. The van der Waals surface area contributed by atoms with Gasteiger partial charge in [-0.3, -0.25) is 9.52 Å². The van der Waals surface area contributed by atoms with Crippen LogP contribution >= 0.6 is 11.6 Å². The molecule has 0 heterocycles. The molecule has 2 aromatic rings. The molecule has 0 fully saturated rings. The van der Waals surface area contributed by atoms with Crippen LogP contribution in [0.1, 0.15) is 24.2 Å². The fourth-order valence-electron chi connectivity index (χ4n) is 2.12. The first-order valence-corrected chi connectivity index (χ1v) is 9.37. The molecule has 0 atom stereocenters. The van der Waals surface area contributed by atoms with E-state index in [1.54, 1.807) is 24.3 Å². The lowest BCUT2D eigenvalue weighted by Crippen LogP contribution is -2.30. The predicted octanol–water partition coefficient (Wildman–Crippen LogP) is 3.29. The number of carbonyl (C=O) groups is 1. The third-order valence-corrected chi connectivity index (χ3v) is 5.10. The SMILES string of the molecule is COc1ccccc1NS(=O)(=O)c1cc(C(=O)NC(C)C)ccc1Cl. The van der Waals surface area contributed by atoms with Crippen LogP contribution in [0, 0.1) is 0 Å². The van der Waals surface area contributed by atoms with Gasteiger partial charge < -0.3 is 10.1 Å². The lowest BCUT2D eigenvalue weighted by Gasteiger charge is -2.14. The number of methoxy groups -OCH3 is 1. The largest absolute Gasteiger partial charge is 0.495 e. The fourth-order valence-corrected chi connectivity index (χ4v) is 3.72. The normalized spacial score (nSPS) is 11.2. The smallest absolute Gasteiger partial charge is 0.263 e. The Morgan fingerprint density at radius 1 is 1.16 bits per heavy atom. The Morgan fingerprint density at radius 2 is 1.84 bits per heavy atom. The number of carbonyl (C=O) groups excluding carboxylic acids is 1. The Morgan fingerprint density at radius 3 is 2.48 bits per heavy atom. The first-order valence-electron chi connectivity index (χ1n) is 7.51. The van der Waals surface area contributed by atoms with Gasteiger partial charge in [0.2, 0.25) is 0 Å². The van der Waals surface area contributed by atoms with E-state index in [1.807, 2.05) is 13.8 Å².